The van der Waals surface area contributed by atoms with Crippen molar-refractivity contribution < 1.29 is 13.5 Å². The van der Waals surface area contributed by atoms with Gasteiger partial charge in [-0.15, -0.1) is 0 Å². The van der Waals surface area contributed by atoms with Crippen LogP contribution >= 0.6 is 0 Å². The number of nitrogens with zero attached hydrogens (tertiary/aromatic N) is 2. The van der Waals surface area contributed by atoms with E-state index >= 15 is 0 Å². The predicted molar refractivity (Wildman–Crippen MR) is 78.1 cm³/mol. The van der Waals surface area contributed by atoms with Crippen LogP contribution in [0.3, 0.4) is 0 Å². The molecule has 0 unspecified atom stereocenters. The highest BCUT2D eigenvalue weighted by Gasteiger charge is 2.29. The Labute approximate surface area is 117 Å². The number of rotatable bonds is 5. The average molecular weight is 292 g/mol. The van der Waals surface area contributed by atoms with E-state index in [0.717, 1.165) is 32.6 Å². The summed E-state index contributed by atoms with van der Waals surface area (Å²) >= 11 is 0. The highest BCUT2D eigenvalue weighted by Crippen LogP contribution is 2.16. The average Bonchev–Trinajstić information content (AvgIpc) is 2.51. The molecule has 0 amide bonds. The van der Waals surface area contributed by atoms with Crippen molar-refractivity contribution in [3.8, 4) is 0 Å². The molecule has 5 nitrogen and oxygen atoms in total. The van der Waals surface area contributed by atoms with Gasteiger partial charge >= 0.3 is 0 Å². The zero-order valence-corrected chi connectivity index (χ0v) is 13.2. The molecule has 1 saturated heterocycles. The van der Waals surface area contributed by atoms with Gasteiger partial charge in [-0.1, -0.05) is 0 Å². The fourth-order valence-corrected chi connectivity index (χ4v) is 3.28. The Morgan fingerprint density at radius 3 is 2.00 bits per heavy atom. The second-order valence-electron chi connectivity index (χ2n) is 6.19. The van der Waals surface area contributed by atoms with E-state index in [1.54, 1.807) is 20.8 Å². The minimum Gasteiger partial charge on any atom is -0.395 e. The third-order valence-electron chi connectivity index (χ3n) is 3.71. The molecule has 1 heterocycles. The monoisotopic (exact) mass is 292 g/mol. The van der Waals surface area contributed by atoms with Gasteiger partial charge in [0.15, 0.2) is 9.84 Å². The largest absolute Gasteiger partial charge is 0.395 e. The van der Waals surface area contributed by atoms with Gasteiger partial charge in [-0.25, -0.2) is 8.42 Å². The summed E-state index contributed by atoms with van der Waals surface area (Å²) in [5.74, 6) is 0.233. The molecule has 1 fully saturated rings. The first-order valence-corrected chi connectivity index (χ1v) is 8.69. The molecule has 0 aromatic carbocycles. The van der Waals surface area contributed by atoms with Crippen molar-refractivity contribution in [1.29, 1.82) is 0 Å². The summed E-state index contributed by atoms with van der Waals surface area (Å²) < 4.78 is 23.5. The molecule has 1 rings (SSSR count). The first-order chi connectivity index (χ1) is 8.76. The normalized spacial score (nSPS) is 20.4. The minimum atomic E-state index is -3.03. The summed E-state index contributed by atoms with van der Waals surface area (Å²) in [5, 5.41) is 8.94. The first-order valence-electron chi connectivity index (χ1n) is 7.04. The van der Waals surface area contributed by atoms with Crippen molar-refractivity contribution in [2.45, 2.75) is 31.9 Å². The molecule has 0 aromatic rings. The standard InChI is InChI=1S/C13H28N2O3S/c1-13(2,3)19(17,18)12-10-15-6-4-5-14(7-8-15)9-11-16/h16H,4-12H2,1-3H3. The van der Waals surface area contributed by atoms with E-state index in [9.17, 15) is 8.42 Å². The summed E-state index contributed by atoms with van der Waals surface area (Å²) in [6.45, 7) is 10.5. The fraction of sp³-hybridized carbons (Fsp3) is 1.00. The molecule has 1 aliphatic heterocycles. The van der Waals surface area contributed by atoms with Gasteiger partial charge in [0.05, 0.1) is 17.1 Å². The van der Waals surface area contributed by atoms with Crippen LogP contribution < -0.4 is 0 Å². The second kappa shape index (κ2) is 7.02. The Morgan fingerprint density at radius 2 is 1.53 bits per heavy atom. The topological polar surface area (TPSA) is 60.9 Å². The Morgan fingerprint density at radius 1 is 1.00 bits per heavy atom. The summed E-state index contributed by atoms with van der Waals surface area (Å²) in [6, 6.07) is 0. The molecular weight excluding hydrogens is 264 g/mol. The maximum Gasteiger partial charge on any atom is 0.156 e. The van der Waals surface area contributed by atoms with E-state index < -0.39 is 14.6 Å². The van der Waals surface area contributed by atoms with Crippen molar-refractivity contribution in [2.75, 3.05) is 51.6 Å². The van der Waals surface area contributed by atoms with Gasteiger partial charge in [-0.2, -0.15) is 0 Å². The van der Waals surface area contributed by atoms with Gasteiger partial charge in [0.1, 0.15) is 0 Å². The van der Waals surface area contributed by atoms with Crippen LogP contribution in [0.5, 0.6) is 0 Å². The van der Waals surface area contributed by atoms with Gasteiger partial charge in [0, 0.05) is 26.2 Å². The molecule has 0 aliphatic carbocycles. The molecule has 0 atom stereocenters. The molecular formula is C13H28N2O3S. The van der Waals surface area contributed by atoms with Crippen molar-refractivity contribution in [3.05, 3.63) is 0 Å². The maximum absolute atomic E-state index is 12.1. The fourth-order valence-electron chi connectivity index (χ4n) is 2.17. The summed E-state index contributed by atoms with van der Waals surface area (Å²) in [6.07, 6.45) is 1.04. The maximum atomic E-state index is 12.1. The minimum absolute atomic E-state index is 0.193. The molecule has 0 spiro atoms. The number of hydrogen-bond donors (Lipinski definition) is 1. The lowest BCUT2D eigenvalue weighted by atomic mass is 10.3. The van der Waals surface area contributed by atoms with Gasteiger partial charge in [-0.3, -0.25) is 4.90 Å². The number of β-amino-alcohol motifs (C(OH)–C–C–N with tert-alkyl or cyclic N) is 1. The summed E-state index contributed by atoms with van der Waals surface area (Å²) in [4.78, 5) is 4.46. The predicted octanol–water partition coefficient (Wildman–Crippen LogP) is 0.200. The molecule has 114 valence electrons. The van der Waals surface area contributed by atoms with Crippen LogP contribution in [-0.2, 0) is 9.84 Å². The van der Waals surface area contributed by atoms with Gasteiger partial charge in [0.25, 0.3) is 0 Å². The SMILES string of the molecule is CC(C)(C)S(=O)(=O)CCN1CCCN(CCO)CC1. The van der Waals surface area contributed by atoms with Crippen LogP contribution in [-0.4, -0.2) is 79.7 Å². The molecule has 1 N–H and O–H groups in total. The molecule has 6 heteroatoms. The van der Waals surface area contributed by atoms with Crippen LogP contribution in [0.25, 0.3) is 0 Å². The van der Waals surface area contributed by atoms with Crippen molar-refractivity contribution in [1.82, 2.24) is 9.80 Å². The zero-order chi connectivity index (χ0) is 14.5. The molecule has 0 saturated carbocycles. The first kappa shape index (κ1) is 16.9. The van der Waals surface area contributed by atoms with Crippen molar-refractivity contribution in [3.63, 3.8) is 0 Å². The molecule has 0 bridgehead atoms. The lowest BCUT2D eigenvalue weighted by Gasteiger charge is -2.24. The molecule has 19 heavy (non-hydrogen) atoms. The van der Waals surface area contributed by atoms with E-state index in [-0.39, 0.29) is 12.4 Å². The highest BCUT2D eigenvalue weighted by molar-refractivity contribution is 7.92. The lowest BCUT2D eigenvalue weighted by Crippen LogP contribution is -2.38. The number of aliphatic hydroxyl groups is 1. The highest BCUT2D eigenvalue weighted by atomic mass is 32.2. The Bertz CT molecular complexity index is 363. The molecule has 1 aliphatic rings. The second-order valence-corrected chi connectivity index (χ2v) is 9.05. The number of sulfone groups is 1. The Hall–Kier alpha value is -0.170. The summed E-state index contributed by atoms with van der Waals surface area (Å²) in [5.41, 5.74) is 0. The third-order valence-corrected chi connectivity index (χ3v) is 6.29. The zero-order valence-electron chi connectivity index (χ0n) is 12.4. The Balaban J connectivity index is 2.43. The van der Waals surface area contributed by atoms with E-state index in [0.29, 0.717) is 13.1 Å². The van der Waals surface area contributed by atoms with Gasteiger partial charge in [-0.05, 0) is 40.3 Å². The molecule has 0 aromatic heterocycles. The van der Waals surface area contributed by atoms with E-state index in [2.05, 4.69) is 9.80 Å². The number of aliphatic hydroxyl groups excluding tert-OH is 1. The summed E-state index contributed by atoms with van der Waals surface area (Å²) in [7, 11) is -3.03. The van der Waals surface area contributed by atoms with Crippen LogP contribution in [0.4, 0.5) is 0 Å². The van der Waals surface area contributed by atoms with E-state index in [1.165, 1.54) is 0 Å². The van der Waals surface area contributed by atoms with Crippen LogP contribution in [0.2, 0.25) is 0 Å². The Kier molecular flexibility index (Phi) is 6.23. The van der Waals surface area contributed by atoms with Gasteiger partial charge < -0.3 is 10.0 Å². The van der Waals surface area contributed by atoms with Crippen LogP contribution in [0.15, 0.2) is 0 Å². The van der Waals surface area contributed by atoms with E-state index in [1.807, 2.05) is 0 Å². The third kappa shape index (κ3) is 5.38. The van der Waals surface area contributed by atoms with Crippen molar-refractivity contribution in [2.24, 2.45) is 0 Å². The number of hydrogen-bond acceptors (Lipinski definition) is 5. The lowest BCUT2D eigenvalue weighted by molar-refractivity contribution is 0.198. The van der Waals surface area contributed by atoms with Gasteiger partial charge in [0.2, 0.25) is 0 Å². The smallest absolute Gasteiger partial charge is 0.156 e. The molecule has 0 radical (unpaired) electrons. The van der Waals surface area contributed by atoms with Crippen LogP contribution in [0, 0.1) is 0 Å². The van der Waals surface area contributed by atoms with Crippen molar-refractivity contribution >= 4 is 9.84 Å². The van der Waals surface area contributed by atoms with Crippen LogP contribution in [0.1, 0.15) is 27.2 Å². The van der Waals surface area contributed by atoms with E-state index in [4.69, 9.17) is 5.11 Å². The quantitative estimate of drug-likeness (QED) is 0.784.